The summed E-state index contributed by atoms with van der Waals surface area (Å²) in [5.74, 6) is 1.08. The summed E-state index contributed by atoms with van der Waals surface area (Å²) in [5, 5.41) is 22.2. The van der Waals surface area contributed by atoms with Crippen LogP contribution in [0.1, 0.15) is 11.7 Å². The summed E-state index contributed by atoms with van der Waals surface area (Å²) >= 11 is 0. The molecule has 1 aromatic rings. The second-order valence-electron chi connectivity index (χ2n) is 3.34. The van der Waals surface area contributed by atoms with Gasteiger partial charge in [0.15, 0.2) is 11.5 Å². The van der Waals surface area contributed by atoms with Gasteiger partial charge in [-0.15, -0.1) is 0 Å². The Labute approximate surface area is 87.3 Å². The number of aliphatic hydroxyl groups excluding tert-OH is 1. The minimum absolute atomic E-state index is 0.0157. The lowest BCUT2D eigenvalue weighted by Gasteiger charge is -2.12. The third-order valence-electron chi connectivity index (χ3n) is 2.28. The van der Waals surface area contributed by atoms with Gasteiger partial charge < -0.3 is 25.0 Å². The van der Waals surface area contributed by atoms with Crippen LogP contribution >= 0.6 is 0 Å². The summed E-state index contributed by atoms with van der Waals surface area (Å²) in [7, 11) is 1.73. The molecule has 0 bridgehead atoms. The molecule has 0 aromatic heterocycles. The number of benzene rings is 1. The van der Waals surface area contributed by atoms with Crippen molar-refractivity contribution < 1.29 is 19.7 Å². The minimum atomic E-state index is -0.760. The smallest absolute Gasteiger partial charge is 0.231 e. The molecular weight excluding hydrogens is 198 g/mol. The van der Waals surface area contributed by atoms with E-state index >= 15 is 0 Å². The van der Waals surface area contributed by atoms with Gasteiger partial charge in [-0.3, -0.25) is 0 Å². The highest BCUT2D eigenvalue weighted by molar-refractivity contribution is 5.52. The predicted molar refractivity (Wildman–Crippen MR) is 53.1 cm³/mol. The molecule has 0 fully saturated rings. The Morgan fingerprint density at radius 2 is 2.07 bits per heavy atom. The van der Waals surface area contributed by atoms with E-state index in [2.05, 4.69) is 5.32 Å². The first-order chi connectivity index (χ1) is 7.22. The maximum atomic E-state index is 9.71. The number of phenols is 1. The van der Waals surface area contributed by atoms with Crippen LogP contribution in [0.4, 0.5) is 0 Å². The lowest BCUT2D eigenvalue weighted by molar-refractivity contribution is 0.170. The normalized spacial score (nSPS) is 15.3. The SMILES string of the molecule is CNCC(O)c1cc2c(cc1O)OCO2. The van der Waals surface area contributed by atoms with Crippen molar-refractivity contribution in [2.45, 2.75) is 6.10 Å². The fraction of sp³-hybridized carbons (Fsp3) is 0.400. The second kappa shape index (κ2) is 3.96. The van der Waals surface area contributed by atoms with Crippen molar-refractivity contribution in [3.05, 3.63) is 17.7 Å². The van der Waals surface area contributed by atoms with E-state index in [1.165, 1.54) is 6.07 Å². The highest BCUT2D eigenvalue weighted by Crippen LogP contribution is 2.39. The van der Waals surface area contributed by atoms with Crippen molar-refractivity contribution in [1.82, 2.24) is 5.32 Å². The molecule has 1 aliphatic rings. The number of rotatable bonds is 3. The van der Waals surface area contributed by atoms with Gasteiger partial charge in [-0.2, -0.15) is 0 Å². The number of aromatic hydroxyl groups is 1. The largest absolute Gasteiger partial charge is 0.507 e. The summed E-state index contributed by atoms with van der Waals surface area (Å²) in [5.41, 5.74) is 0.439. The van der Waals surface area contributed by atoms with Crippen LogP contribution in [0.25, 0.3) is 0 Å². The molecular formula is C10H13NO4. The molecule has 0 saturated heterocycles. The first kappa shape index (κ1) is 10.1. The minimum Gasteiger partial charge on any atom is -0.507 e. The molecule has 82 valence electrons. The van der Waals surface area contributed by atoms with E-state index in [9.17, 15) is 10.2 Å². The highest BCUT2D eigenvalue weighted by Gasteiger charge is 2.20. The molecule has 1 unspecified atom stereocenters. The maximum absolute atomic E-state index is 9.71. The summed E-state index contributed by atoms with van der Waals surface area (Å²) < 4.78 is 10.3. The Balaban J connectivity index is 2.31. The predicted octanol–water partition coefficient (Wildman–Crippen LogP) is 0.374. The van der Waals surface area contributed by atoms with Gasteiger partial charge in [0.05, 0.1) is 6.10 Å². The van der Waals surface area contributed by atoms with E-state index in [1.807, 2.05) is 0 Å². The van der Waals surface area contributed by atoms with Crippen LogP contribution in [0.2, 0.25) is 0 Å². The number of hydrogen-bond acceptors (Lipinski definition) is 5. The third-order valence-corrected chi connectivity index (χ3v) is 2.28. The topological polar surface area (TPSA) is 71.0 Å². The Kier molecular flexibility index (Phi) is 2.66. The Hall–Kier alpha value is -1.46. The number of phenolic OH excluding ortho intramolecular Hbond substituents is 1. The number of nitrogens with one attached hydrogen (secondary N) is 1. The van der Waals surface area contributed by atoms with Crippen LogP contribution in [0, 0.1) is 0 Å². The molecule has 1 aliphatic heterocycles. The summed E-state index contributed by atoms with van der Waals surface area (Å²) in [6.07, 6.45) is -0.760. The molecule has 0 aliphatic carbocycles. The molecule has 0 amide bonds. The van der Waals surface area contributed by atoms with E-state index in [0.29, 0.717) is 23.6 Å². The van der Waals surface area contributed by atoms with Gasteiger partial charge in [-0.1, -0.05) is 0 Å². The van der Waals surface area contributed by atoms with E-state index in [1.54, 1.807) is 13.1 Å². The van der Waals surface area contributed by atoms with Crippen molar-refractivity contribution in [3.8, 4) is 17.2 Å². The molecule has 3 N–H and O–H groups in total. The van der Waals surface area contributed by atoms with Crippen molar-refractivity contribution in [1.29, 1.82) is 0 Å². The van der Waals surface area contributed by atoms with Gasteiger partial charge >= 0.3 is 0 Å². The van der Waals surface area contributed by atoms with Crippen molar-refractivity contribution >= 4 is 0 Å². The fourth-order valence-electron chi connectivity index (χ4n) is 1.52. The monoisotopic (exact) mass is 211 g/mol. The van der Waals surface area contributed by atoms with E-state index in [4.69, 9.17) is 9.47 Å². The van der Waals surface area contributed by atoms with Crippen LogP contribution in [-0.2, 0) is 0 Å². The zero-order chi connectivity index (χ0) is 10.8. The quantitative estimate of drug-likeness (QED) is 0.674. The molecule has 1 heterocycles. The molecule has 1 aromatic carbocycles. The highest BCUT2D eigenvalue weighted by atomic mass is 16.7. The van der Waals surface area contributed by atoms with Crippen LogP contribution in [0.3, 0.4) is 0 Å². The molecule has 2 rings (SSSR count). The van der Waals surface area contributed by atoms with Gasteiger partial charge in [0, 0.05) is 18.2 Å². The Morgan fingerprint density at radius 3 is 2.73 bits per heavy atom. The maximum Gasteiger partial charge on any atom is 0.231 e. The lowest BCUT2D eigenvalue weighted by atomic mass is 10.1. The fourth-order valence-corrected chi connectivity index (χ4v) is 1.52. The molecule has 5 nitrogen and oxygen atoms in total. The first-order valence-corrected chi connectivity index (χ1v) is 4.67. The van der Waals surface area contributed by atoms with Crippen LogP contribution in [-0.4, -0.2) is 30.6 Å². The van der Waals surface area contributed by atoms with E-state index in [-0.39, 0.29) is 12.5 Å². The van der Waals surface area contributed by atoms with Crippen molar-refractivity contribution in [2.24, 2.45) is 0 Å². The molecule has 1 atom stereocenters. The number of ether oxygens (including phenoxy) is 2. The zero-order valence-electron chi connectivity index (χ0n) is 8.36. The third kappa shape index (κ3) is 1.84. The van der Waals surface area contributed by atoms with Crippen LogP contribution in [0.5, 0.6) is 17.2 Å². The van der Waals surface area contributed by atoms with Gasteiger partial charge in [0.2, 0.25) is 6.79 Å². The summed E-state index contributed by atoms with van der Waals surface area (Å²) in [6, 6.07) is 3.05. The van der Waals surface area contributed by atoms with Crippen LogP contribution in [0.15, 0.2) is 12.1 Å². The summed E-state index contributed by atoms with van der Waals surface area (Å²) in [4.78, 5) is 0. The van der Waals surface area contributed by atoms with E-state index < -0.39 is 6.10 Å². The van der Waals surface area contributed by atoms with Crippen LogP contribution < -0.4 is 14.8 Å². The molecule has 0 spiro atoms. The number of likely N-dealkylation sites (N-methyl/N-ethyl adjacent to an activating group) is 1. The lowest BCUT2D eigenvalue weighted by Crippen LogP contribution is -2.16. The van der Waals surface area contributed by atoms with E-state index in [0.717, 1.165) is 0 Å². The van der Waals surface area contributed by atoms with Gasteiger partial charge in [0.25, 0.3) is 0 Å². The Morgan fingerprint density at radius 1 is 1.40 bits per heavy atom. The Bertz CT molecular complexity index is 367. The number of hydrogen-bond donors (Lipinski definition) is 3. The van der Waals surface area contributed by atoms with Gasteiger partial charge in [-0.05, 0) is 13.1 Å². The average Bonchev–Trinajstić information content (AvgIpc) is 2.63. The standard InChI is InChI=1S/C10H13NO4/c1-11-4-8(13)6-2-9-10(3-7(6)12)15-5-14-9/h2-3,8,11-13H,4-5H2,1H3. The molecule has 0 radical (unpaired) electrons. The molecule has 0 saturated carbocycles. The summed E-state index contributed by atoms with van der Waals surface area (Å²) in [6.45, 7) is 0.521. The molecule has 15 heavy (non-hydrogen) atoms. The second-order valence-corrected chi connectivity index (χ2v) is 3.34. The molecule has 5 heteroatoms. The number of fused-ring (bicyclic) bond motifs is 1. The first-order valence-electron chi connectivity index (χ1n) is 4.67. The van der Waals surface area contributed by atoms with Gasteiger partial charge in [0.1, 0.15) is 5.75 Å². The number of aliphatic hydroxyl groups is 1. The average molecular weight is 211 g/mol. The van der Waals surface area contributed by atoms with Crippen molar-refractivity contribution in [3.63, 3.8) is 0 Å². The van der Waals surface area contributed by atoms with Gasteiger partial charge in [-0.25, -0.2) is 0 Å². The zero-order valence-corrected chi connectivity index (χ0v) is 8.36. The van der Waals surface area contributed by atoms with Crippen molar-refractivity contribution in [2.75, 3.05) is 20.4 Å².